The van der Waals surface area contributed by atoms with E-state index in [-0.39, 0.29) is 12.4 Å². The highest BCUT2D eigenvalue weighted by Crippen LogP contribution is 2.15. The Morgan fingerprint density at radius 3 is 1.34 bits per heavy atom. The van der Waals surface area contributed by atoms with Crippen molar-refractivity contribution in [3.05, 3.63) is 35.4 Å². The Morgan fingerprint density at radius 1 is 0.552 bits per heavy atom. The molecular weight excluding hydrogens is 374 g/mol. The van der Waals surface area contributed by atoms with E-state index in [2.05, 4.69) is 52.2 Å². The number of aryl methyl sites for hydroxylation is 1. The van der Waals surface area contributed by atoms with Gasteiger partial charge >= 0.3 is 0 Å². The van der Waals surface area contributed by atoms with Crippen LogP contribution in [0.15, 0.2) is 24.3 Å². The first-order valence-electron chi connectivity index (χ1n) is 12.5. The summed E-state index contributed by atoms with van der Waals surface area (Å²) in [4.78, 5) is 0. The van der Waals surface area contributed by atoms with E-state index in [1.807, 2.05) is 0 Å². The van der Waals surface area contributed by atoms with Crippen molar-refractivity contribution in [3.8, 4) is 0 Å². The number of hydrogen-bond acceptors (Lipinski definition) is 0. The number of hydrogen-bond donors (Lipinski definition) is 0. The van der Waals surface area contributed by atoms with Gasteiger partial charge in [0, 0.05) is 5.56 Å². The summed E-state index contributed by atoms with van der Waals surface area (Å²) >= 11 is 0. The van der Waals surface area contributed by atoms with Gasteiger partial charge in [0.05, 0.1) is 20.6 Å². The molecular formula is C27H50ClN. The minimum absolute atomic E-state index is 0. The maximum Gasteiger partial charge on any atom is 0.104 e. The number of halogens is 1. The van der Waals surface area contributed by atoms with Crippen LogP contribution in [0.2, 0.25) is 0 Å². The lowest BCUT2D eigenvalue weighted by atomic mass is 10.0. The highest BCUT2D eigenvalue weighted by molar-refractivity contribution is 5.21. The standard InChI is InChI=1S/C27H50N.ClH/c1-5-7-8-9-10-11-12-13-14-15-16-17-18-19-24-28(3,4)25-27-22-20-26(6-2)21-23-27;/h20-23H,5-19,24-25H2,1-4H3;1H/q+1;/p-1. The lowest BCUT2D eigenvalue weighted by Crippen LogP contribution is -3.00. The molecule has 0 bridgehead atoms. The summed E-state index contributed by atoms with van der Waals surface area (Å²) in [6.07, 6.45) is 21.3. The van der Waals surface area contributed by atoms with Crippen LogP contribution < -0.4 is 12.4 Å². The lowest BCUT2D eigenvalue weighted by molar-refractivity contribution is -0.903. The molecule has 0 fully saturated rings. The van der Waals surface area contributed by atoms with Crippen molar-refractivity contribution in [3.63, 3.8) is 0 Å². The van der Waals surface area contributed by atoms with Gasteiger partial charge in [-0.1, -0.05) is 115 Å². The van der Waals surface area contributed by atoms with Crippen molar-refractivity contribution in [2.45, 2.75) is 117 Å². The van der Waals surface area contributed by atoms with Gasteiger partial charge in [-0.15, -0.1) is 0 Å². The van der Waals surface area contributed by atoms with Crippen molar-refractivity contribution in [1.29, 1.82) is 0 Å². The van der Waals surface area contributed by atoms with Gasteiger partial charge in [0.15, 0.2) is 0 Å². The van der Waals surface area contributed by atoms with Gasteiger partial charge in [-0.2, -0.15) is 0 Å². The van der Waals surface area contributed by atoms with Crippen molar-refractivity contribution >= 4 is 0 Å². The van der Waals surface area contributed by atoms with E-state index >= 15 is 0 Å². The van der Waals surface area contributed by atoms with Crippen molar-refractivity contribution in [1.82, 2.24) is 0 Å². The molecule has 0 heterocycles. The zero-order valence-electron chi connectivity index (χ0n) is 20.2. The predicted molar refractivity (Wildman–Crippen MR) is 127 cm³/mol. The maximum absolute atomic E-state index is 2.38. The fourth-order valence-electron chi connectivity index (χ4n) is 4.19. The molecule has 2 heteroatoms. The molecule has 29 heavy (non-hydrogen) atoms. The second-order valence-corrected chi connectivity index (χ2v) is 9.58. The van der Waals surface area contributed by atoms with Crippen LogP contribution in [0, 0.1) is 0 Å². The molecule has 0 aliphatic rings. The molecule has 0 aliphatic heterocycles. The first-order valence-corrected chi connectivity index (χ1v) is 12.5. The number of rotatable bonds is 18. The van der Waals surface area contributed by atoms with Gasteiger partial charge < -0.3 is 16.9 Å². The normalized spacial score (nSPS) is 11.4. The van der Waals surface area contributed by atoms with E-state index in [0.717, 1.165) is 17.4 Å². The molecule has 0 spiro atoms. The lowest BCUT2D eigenvalue weighted by Gasteiger charge is -2.30. The third-order valence-electron chi connectivity index (χ3n) is 6.16. The van der Waals surface area contributed by atoms with Gasteiger partial charge in [-0.3, -0.25) is 0 Å². The summed E-state index contributed by atoms with van der Waals surface area (Å²) in [6, 6.07) is 9.23. The molecule has 170 valence electrons. The molecule has 0 N–H and O–H groups in total. The molecule has 1 rings (SSSR count). The topological polar surface area (TPSA) is 0 Å². The Bertz CT molecular complexity index is 466. The molecule has 0 amide bonds. The minimum Gasteiger partial charge on any atom is -1.00 e. The Balaban J connectivity index is 0.00000784. The van der Waals surface area contributed by atoms with E-state index in [9.17, 15) is 0 Å². The van der Waals surface area contributed by atoms with Crippen LogP contribution in [0.1, 0.15) is 115 Å². The fourth-order valence-corrected chi connectivity index (χ4v) is 4.19. The largest absolute Gasteiger partial charge is 1.00 e. The maximum atomic E-state index is 2.38. The zero-order valence-corrected chi connectivity index (χ0v) is 20.9. The average Bonchev–Trinajstić information content (AvgIpc) is 2.68. The molecule has 0 saturated heterocycles. The van der Waals surface area contributed by atoms with Crippen LogP contribution in [0.4, 0.5) is 0 Å². The molecule has 0 unspecified atom stereocenters. The van der Waals surface area contributed by atoms with Crippen LogP contribution in [0.5, 0.6) is 0 Å². The van der Waals surface area contributed by atoms with Gasteiger partial charge in [0.25, 0.3) is 0 Å². The van der Waals surface area contributed by atoms with Gasteiger partial charge in [-0.25, -0.2) is 0 Å². The molecule has 0 atom stereocenters. The molecule has 1 aromatic rings. The van der Waals surface area contributed by atoms with Crippen LogP contribution >= 0.6 is 0 Å². The van der Waals surface area contributed by atoms with E-state index in [1.54, 1.807) is 0 Å². The van der Waals surface area contributed by atoms with Crippen molar-refractivity contribution < 1.29 is 16.9 Å². The fraction of sp³-hybridized carbons (Fsp3) is 0.778. The number of quaternary nitrogens is 1. The smallest absolute Gasteiger partial charge is 0.104 e. The molecule has 0 aromatic heterocycles. The highest BCUT2D eigenvalue weighted by atomic mass is 35.5. The van der Waals surface area contributed by atoms with Crippen LogP contribution in [-0.2, 0) is 13.0 Å². The Labute approximate surface area is 189 Å². The first-order chi connectivity index (χ1) is 13.6. The second kappa shape index (κ2) is 18.3. The molecule has 0 radical (unpaired) electrons. The van der Waals surface area contributed by atoms with Crippen LogP contribution in [-0.4, -0.2) is 25.1 Å². The number of unbranched alkanes of at least 4 members (excludes halogenated alkanes) is 13. The SMILES string of the molecule is CCCCCCCCCCCCCCCC[N+](C)(C)Cc1ccc(CC)cc1.[Cl-]. The van der Waals surface area contributed by atoms with E-state index < -0.39 is 0 Å². The Morgan fingerprint density at radius 2 is 0.931 bits per heavy atom. The summed E-state index contributed by atoms with van der Waals surface area (Å²) < 4.78 is 1.11. The summed E-state index contributed by atoms with van der Waals surface area (Å²) in [7, 11) is 4.77. The monoisotopic (exact) mass is 423 g/mol. The third kappa shape index (κ3) is 15.9. The molecule has 1 nitrogen and oxygen atoms in total. The van der Waals surface area contributed by atoms with E-state index in [4.69, 9.17) is 0 Å². The summed E-state index contributed by atoms with van der Waals surface area (Å²) in [5.41, 5.74) is 2.92. The van der Waals surface area contributed by atoms with Crippen molar-refractivity contribution in [2.24, 2.45) is 0 Å². The molecule has 0 aliphatic carbocycles. The van der Waals surface area contributed by atoms with Gasteiger partial charge in [0.2, 0.25) is 0 Å². The minimum atomic E-state index is 0. The van der Waals surface area contributed by atoms with Crippen LogP contribution in [0.3, 0.4) is 0 Å². The van der Waals surface area contributed by atoms with Gasteiger partial charge in [-0.05, 0) is 24.8 Å². The quantitative estimate of drug-likeness (QED) is 0.221. The van der Waals surface area contributed by atoms with E-state index in [1.165, 1.54) is 108 Å². The third-order valence-corrected chi connectivity index (χ3v) is 6.16. The number of benzene rings is 1. The Hall–Kier alpha value is -0.530. The van der Waals surface area contributed by atoms with Crippen molar-refractivity contribution in [2.75, 3.05) is 20.6 Å². The van der Waals surface area contributed by atoms with Gasteiger partial charge in [0.1, 0.15) is 6.54 Å². The number of nitrogens with zero attached hydrogens (tertiary/aromatic N) is 1. The highest BCUT2D eigenvalue weighted by Gasteiger charge is 2.15. The predicted octanol–water partition coefficient (Wildman–Crippen LogP) is 5.31. The summed E-state index contributed by atoms with van der Waals surface area (Å²) in [5, 5.41) is 0. The first kappa shape index (κ1) is 28.5. The second-order valence-electron chi connectivity index (χ2n) is 9.58. The molecule has 1 aromatic carbocycles. The average molecular weight is 424 g/mol. The zero-order chi connectivity index (χ0) is 20.5. The Kier molecular flexibility index (Phi) is 17.9. The summed E-state index contributed by atoms with van der Waals surface area (Å²) in [5.74, 6) is 0. The summed E-state index contributed by atoms with van der Waals surface area (Å²) in [6.45, 7) is 6.98. The van der Waals surface area contributed by atoms with E-state index in [0.29, 0.717) is 0 Å². The van der Waals surface area contributed by atoms with Crippen LogP contribution in [0.25, 0.3) is 0 Å². The molecule has 0 saturated carbocycles.